The number of rotatable bonds is 3. The summed E-state index contributed by atoms with van der Waals surface area (Å²) in [6.07, 6.45) is 10.9. The molecule has 4 nitrogen and oxygen atoms in total. The highest BCUT2D eigenvalue weighted by Gasteiger charge is 2.74. The van der Waals surface area contributed by atoms with E-state index >= 15 is 0 Å². The minimum absolute atomic E-state index is 0.0817. The summed E-state index contributed by atoms with van der Waals surface area (Å²) in [6.45, 7) is 8.23. The largest absolute Gasteiger partial charge is 0.478 e. The van der Waals surface area contributed by atoms with Crippen LogP contribution in [0.25, 0.3) is 0 Å². The lowest BCUT2D eigenvalue weighted by molar-refractivity contribution is -0.171. The van der Waals surface area contributed by atoms with E-state index in [-0.39, 0.29) is 17.1 Å². The first-order valence-corrected chi connectivity index (χ1v) is 10.1. The first-order chi connectivity index (χ1) is 12.4. The summed E-state index contributed by atoms with van der Waals surface area (Å²) in [6, 6.07) is 0. The molecular weight excluding hydrogens is 328 g/mol. The molecule has 0 aromatic heterocycles. The molecular formula is C22H30O4. The highest BCUT2D eigenvalue weighted by Crippen LogP contribution is 2.75. The molecule has 1 N–H and O–H groups in total. The zero-order valence-corrected chi connectivity index (χ0v) is 15.7. The van der Waals surface area contributed by atoms with Crippen molar-refractivity contribution in [1.29, 1.82) is 0 Å². The molecule has 0 aromatic rings. The van der Waals surface area contributed by atoms with Crippen LogP contribution in [0, 0.1) is 41.4 Å². The lowest BCUT2D eigenvalue weighted by Gasteiger charge is -2.47. The highest BCUT2D eigenvalue weighted by molar-refractivity contribution is 5.84. The molecule has 4 heteroatoms. The van der Waals surface area contributed by atoms with Gasteiger partial charge in [-0.3, -0.25) is 0 Å². The zero-order chi connectivity index (χ0) is 18.6. The average Bonchev–Trinajstić information content (AvgIpc) is 3.37. The van der Waals surface area contributed by atoms with E-state index in [1.807, 2.05) is 0 Å². The van der Waals surface area contributed by atoms with Gasteiger partial charge in [0, 0.05) is 23.5 Å². The van der Waals surface area contributed by atoms with Crippen molar-refractivity contribution in [3.8, 4) is 0 Å². The third kappa shape index (κ3) is 2.40. The van der Waals surface area contributed by atoms with Gasteiger partial charge < -0.3 is 9.84 Å². The van der Waals surface area contributed by atoms with Gasteiger partial charge >= 0.3 is 11.9 Å². The van der Waals surface area contributed by atoms with E-state index in [0.29, 0.717) is 11.8 Å². The maximum Gasteiger partial charge on any atom is 0.330 e. The van der Waals surface area contributed by atoms with E-state index in [1.54, 1.807) is 0 Å². The topological polar surface area (TPSA) is 63.6 Å². The number of hydrogen-bond donors (Lipinski definition) is 1. The summed E-state index contributed by atoms with van der Waals surface area (Å²) >= 11 is 0. The molecule has 5 aliphatic rings. The van der Waals surface area contributed by atoms with Crippen LogP contribution >= 0.6 is 0 Å². The van der Waals surface area contributed by atoms with Crippen molar-refractivity contribution in [2.75, 3.05) is 0 Å². The van der Waals surface area contributed by atoms with Crippen molar-refractivity contribution in [2.45, 2.75) is 57.5 Å². The lowest BCUT2D eigenvalue weighted by atomic mass is 9.62. The summed E-state index contributed by atoms with van der Waals surface area (Å²) < 4.78 is 6.16. The lowest BCUT2D eigenvalue weighted by Crippen LogP contribution is -2.50. The molecule has 8 unspecified atom stereocenters. The Labute approximate surface area is 155 Å². The van der Waals surface area contributed by atoms with E-state index in [4.69, 9.17) is 9.84 Å². The van der Waals surface area contributed by atoms with Crippen LogP contribution in [0.5, 0.6) is 0 Å². The maximum absolute atomic E-state index is 12.0. The Morgan fingerprint density at radius 2 is 1.85 bits per heavy atom. The predicted octanol–water partition coefficient (Wildman–Crippen LogP) is 4.21. The molecule has 5 saturated carbocycles. The molecule has 4 bridgehead atoms. The normalized spacial score (nSPS) is 46.1. The number of carboxylic acids is 1. The summed E-state index contributed by atoms with van der Waals surface area (Å²) in [5, 5.41) is 7.89. The Bertz CT molecular complexity index is 641. The molecule has 0 radical (unpaired) electrons. The Kier molecular flexibility index (Phi) is 4.28. The Morgan fingerprint density at radius 3 is 2.50 bits per heavy atom. The average molecular weight is 358 g/mol. The Morgan fingerprint density at radius 1 is 1.15 bits per heavy atom. The van der Waals surface area contributed by atoms with Crippen LogP contribution in [0.3, 0.4) is 0 Å². The molecule has 0 amide bonds. The van der Waals surface area contributed by atoms with Crippen molar-refractivity contribution in [3.63, 3.8) is 0 Å². The minimum Gasteiger partial charge on any atom is -0.478 e. The van der Waals surface area contributed by atoms with E-state index in [1.165, 1.54) is 57.9 Å². The van der Waals surface area contributed by atoms with Gasteiger partial charge in [0.2, 0.25) is 0 Å². The first-order valence-electron chi connectivity index (χ1n) is 10.1. The number of carbonyl (C=O) groups excluding carboxylic acids is 1. The van der Waals surface area contributed by atoms with E-state index < -0.39 is 5.97 Å². The van der Waals surface area contributed by atoms with Crippen molar-refractivity contribution in [2.24, 2.45) is 41.4 Å². The van der Waals surface area contributed by atoms with Crippen molar-refractivity contribution < 1.29 is 19.4 Å². The number of carboxylic acid groups (broad SMARTS) is 1. The monoisotopic (exact) mass is 358 g/mol. The molecule has 5 fully saturated rings. The summed E-state index contributed by atoms with van der Waals surface area (Å²) in [7, 11) is 0. The van der Waals surface area contributed by atoms with Crippen LogP contribution in [0.2, 0.25) is 0 Å². The van der Waals surface area contributed by atoms with Gasteiger partial charge in [0.05, 0.1) is 0 Å². The quantitative estimate of drug-likeness (QED) is 0.466. The molecule has 0 aliphatic heterocycles. The molecule has 26 heavy (non-hydrogen) atoms. The molecule has 0 heterocycles. The Balaban J connectivity index is 0.000000246. The van der Waals surface area contributed by atoms with Crippen LogP contribution in [0.1, 0.15) is 51.9 Å². The fraction of sp³-hybridized carbons (Fsp3) is 0.727. The molecule has 8 atom stereocenters. The van der Waals surface area contributed by atoms with Crippen LogP contribution in [-0.2, 0) is 14.3 Å². The maximum atomic E-state index is 12.0. The SMILES string of the molecule is C=C(C)C(=O)O.C=CC(=O)OC12CC(C3CCCC31)C1C3CCC(C3)C12. The second-order valence-corrected chi connectivity index (χ2v) is 9.17. The van der Waals surface area contributed by atoms with Gasteiger partial charge in [-0.2, -0.15) is 0 Å². The predicted molar refractivity (Wildman–Crippen MR) is 98.2 cm³/mol. The van der Waals surface area contributed by atoms with Gasteiger partial charge in [0.15, 0.2) is 0 Å². The van der Waals surface area contributed by atoms with Gasteiger partial charge in [-0.15, -0.1) is 0 Å². The number of carbonyl (C=O) groups is 2. The van der Waals surface area contributed by atoms with E-state index in [0.717, 1.165) is 29.6 Å². The molecule has 142 valence electrons. The second kappa shape index (κ2) is 6.24. The second-order valence-electron chi connectivity index (χ2n) is 9.17. The van der Waals surface area contributed by atoms with Gasteiger partial charge in [0.1, 0.15) is 5.60 Å². The van der Waals surface area contributed by atoms with Crippen molar-refractivity contribution >= 4 is 11.9 Å². The summed E-state index contributed by atoms with van der Waals surface area (Å²) in [5.74, 6) is 4.73. The molecule has 5 aliphatic carbocycles. The fourth-order valence-corrected chi connectivity index (χ4v) is 7.67. The number of ether oxygens (including phenoxy) is 1. The molecule has 0 saturated heterocycles. The van der Waals surface area contributed by atoms with Gasteiger partial charge in [-0.05, 0) is 75.0 Å². The fourth-order valence-electron chi connectivity index (χ4n) is 7.67. The summed E-state index contributed by atoms with van der Waals surface area (Å²) in [4.78, 5) is 21.6. The molecule has 0 spiro atoms. The van der Waals surface area contributed by atoms with Crippen LogP contribution in [0.15, 0.2) is 24.8 Å². The van der Waals surface area contributed by atoms with Crippen molar-refractivity contribution in [3.05, 3.63) is 24.8 Å². The van der Waals surface area contributed by atoms with Gasteiger partial charge in [0.25, 0.3) is 0 Å². The standard InChI is InChI=1S/C18H24O2.C4H6O2/c1-2-15(19)20-18-9-13(12-4-3-5-14(12)18)16-10-6-7-11(8-10)17(16)18;1-3(2)4(5)6/h2,10-14,16-17H,1,3-9H2;1H2,2H3,(H,5,6). The first kappa shape index (κ1) is 17.8. The zero-order valence-electron chi connectivity index (χ0n) is 15.7. The Hall–Kier alpha value is -1.58. The van der Waals surface area contributed by atoms with Gasteiger partial charge in [-0.1, -0.05) is 19.6 Å². The summed E-state index contributed by atoms with van der Waals surface area (Å²) in [5.41, 5.74) is 0.0942. The van der Waals surface area contributed by atoms with Crippen LogP contribution < -0.4 is 0 Å². The molecule has 5 rings (SSSR count). The molecule has 0 aromatic carbocycles. The number of esters is 1. The third-order valence-electron chi connectivity index (χ3n) is 8.16. The third-order valence-corrected chi connectivity index (χ3v) is 8.16. The van der Waals surface area contributed by atoms with E-state index in [9.17, 15) is 9.59 Å². The minimum atomic E-state index is -0.935. The number of hydrogen-bond acceptors (Lipinski definition) is 3. The highest BCUT2D eigenvalue weighted by atomic mass is 16.6. The van der Waals surface area contributed by atoms with Crippen molar-refractivity contribution in [1.82, 2.24) is 0 Å². The number of fused-ring (bicyclic) bond motifs is 12. The number of aliphatic carboxylic acids is 1. The smallest absolute Gasteiger partial charge is 0.330 e. The van der Waals surface area contributed by atoms with Crippen LogP contribution in [0.4, 0.5) is 0 Å². The van der Waals surface area contributed by atoms with Crippen LogP contribution in [-0.4, -0.2) is 22.6 Å². The van der Waals surface area contributed by atoms with Gasteiger partial charge in [-0.25, -0.2) is 9.59 Å². The van der Waals surface area contributed by atoms with E-state index in [2.05, 4.69) is 13.2 Å².